The Kier molecular flexibility index (Phi) is 5.31. The van der Waals surface area contributed by atoms with Gasteiger partial charge < -0.3 is 19.3 Å². The lowest BCUT2D eigenvalue weighted by molar-refractivity contribution is 0.0158. The van der Waals surface area contributed by atoms with Crippen LogP contribution in [0.5, 0.6) is 0 Å². The van der Waals surface area contributed by atoms with E-state index in [0.717, 1.165) is 5.69 Å². The molecule has 1 amide bonds. The summed E-state index contributed by atoms with van der Waals surface area (Å²) in [7, 11) is 1.33. The number of nitrogens with zero attached hydrogens (tertiary/aromatic N) is 3. The highest BCUT2D eigenvalue weighted by Gasteiger charge is 2.31. The molecule has 2 heterocycles. The summed E-state index contributed by atoms with van der Waals surface area (Å²) in [5.74, 6) is -0.454. The van der Waals surface area contributed by atoms with Gasteiger partial charge in [0.1, 0.15) is 11.3 Å². The minimum atomic E-state index is -0.498. The molecule has 1 aromatic heterocycles. The average Bonchev–Trinajstić information content (AvgIpc) is 2.52. The molecule has 0 aliphatic carbocycles. The smallest absolute Gasteiger partial charge is 0.410 e. The number of carbonyl (C=O) groups is 2. The summed E-state index contributed by atoms with van der Waals surface area (Å²) in [5, 5.41) is 0. The summed E-state index contributed by atoms with van der Waals surface area (Å²) in [6, 6.07) is 3.51. The van der Waals surface area contributed by atoms with Crippen molar-refractivity contribution in [2.45, 2.75) is 39.3 Å². The number of carbonyl (C=O) groups excluding carboxylic acids is 2. The van der Waals surface area contributed by atoms with Gasteiger partial charge in [0.2, 0.25) is 0 Å². The maximum Gasteiger partial charge on any atom is 0.410 e. The first-order valence-electron chi connectivity index (χ1n) is 8.00. The third-order valence-corrected chi connectivity index (χ3v) is 3.76. The van der Waals surface area contributed by atoms with Crippen LogP contribution < -0.4 is 4.90 Å². The Balaban J connectivity index is 2.00. The van der Waals surface area contributed by atoms with Crippen molar-refractivity contribution in [1.29, 1.82) is 0 Å². The highest BCUT2D eigenvalue weighted by molar-refractivity contribution is 5.87. The van der Waals surface area contributed by atoms with Crippen LogP contribution in [0.3, 0.4) is 0 Å². The van der Waals surface area contributed by atoms with Gasteiger partial charge in [-0.3, -0.25) is 0 Å². The van der Waals surface area contributed by atoms with Crippen molar-refractivity contribution in [3.8, 4) is 0 Å². The van der Waals surface area contributed by atoms with E-state index < -0.39 is 11.6 Å². The van der Waals surface area contributed by atoms with Crippen LogP contribution in [0.15, 0.2) is 18.3 Å². The zero-order valence-corrected chi connectivity index (χ0v) is 14.9. The first-order valence-corrected chi connectivity index (χ1v) is 8.00. The van der Waals surface area contributed by atoms with Crippen LogP contribution >= 0.6 is 0 Å². The highest BCUT2D eigenvalue weighted by Crippen LogP contribution is 2.20. The molecule has 0 aromatic carbocycles. The number of methoxy groups -OCH3 is 1. The molecule has 1 atom stereocenters. The fourth-order valence-corrected chi connectivity index (χ4v) is 2.58. The fourth-order valence-electron chi connectivity index (χ4n) is 2.58. The molecule has 1 fully saturated rings. The van der Waals surface area contributed by atoms with E-state index in [1.165, 1.54) is 7.11 Å². The van der Waals surface area contributed by atoms with Crippen LogP contribution in [0.4, 0.5) is 10.5 Å². The number of anilines is 1. The van der Waals surface area contributed by atoms with Crippen molar-refractivity contribution in [3.05, 3.63) is 24.0 Å². The number of piperazine rings is 1. The standard InChI is InChI=1S/C17H25N3O4/c1-12-11-19(8-9-20(12)16(22)24-17(2,3)4)13-6-7-14(18-10-13)15(21)23-5/h6-7,10,12H,8-9,11H2,1-5H3/t12-/m1/s1. The van der Waals surface area contributed by atoms with Gasteiger partial charge in [0.25, 0.3) is 0 Å². The Hall–Kier alpha value is -2.31. The number of pyridine rings is 1. The van der Waals surface area contributed by atoms with Gasteiger partial charge >= 0.3 is 12.1 Å². The predicted octanol–water partition coefficient (Wildman–Crippen LogP) is 2.31. The van der Waals surface area contributed by atoms with E-state index in [1.54, 1.807) is 17.2 Å². The van der Waals surface area contributed by atoms with Crippen molar-refractivity contribution in [3.63, 3.8) is 0 Å². The van der Waals surface area contributed by atoms with Gasteiger partial charge in [0.15, 0.2) is 0 Å². The number of ether oxygens (including phenoxy) is 2. The molecule has 1 saturated heterocycles. The van der Waals surface area contributed by atoms with Gasteiger partial charge in [0, 0.05) is 25.7 Å². The van der Waals surface area contributed by atoms with Gasteiger partial charge in [-0.15, -0.1) is 0 Å². The van der Waals surface area contributed by atoms with E-state index in [9.17, 15) is 9.59 Å². The van der Waals surface area contributed by atoms with E-state index in [4.69, 9.17) is 4.74 Å². The normalized spacial score (nSPS) is 18.3. The lowest BCUT2D eigenvalue weighted by atomic mass is 10.1. The maximum atomic E-state index is 12.2. The van der Waals surface area contributed by atoms with Crippen LogP contribution in [-0.4, -0.2) is 60.3 Å². The zero-order valence-electron chi connectivity index (χ0n) is 14.9. The first kappa shape index (κ1) is 18.0. The second kappa shape index (κ2) is 7.07. The summed E-state index contributed by atoms with van der Waals surface area (Å²) in [5.41, 5.74) is 0.696. The molecule has 0 saturated carbocycles. The van der Waals surface area contributed by atoms with Crippen molar-refractivity contribution in [2.75, 3.05) is 31.6 Å². The van der Waals surface area contributed by atoms with Gasteiger partial charge in [0.05, 0.1) is 19.0 Å². The number of aromatic nitrogens is 1. The van der Waals surface area contributed by atoms with Crippen LogP contribution in [0.1, 0.15) is 38.2 Å². The van der Waals surface area contributed by atoms with Crippen molar-refractivity contribution < 1.29 is 19.1 Å². The number of rotatable bonds is 2. The summed E-state index contributed by atoms with van der Waals surface area (Å²) in [4.78, 5) is 31.7. The number of hydrogen-bond acceptors (Lipinski definition) is 6. The van der Waals surface area contributed by atoms with Gasteiger partial charge in [-0.25, -0.2) is 14.6 Å². The van der Waals surface area contributed by atoms with Crippen molar-refractivity contribution in [1.82, 2.24) is 9.88 Å². The molecule has 0 radical (unpaired) electrons. The highest BCUT2D eigenvalue weighted by atomic mass is 16.6. The van der Waals surface area contributed by atoms with E-state index in [0.29, 0.717) is 19.6 Å². The van der Waals surface area contributed by atoms with Gasteiger partial charge in [-0.1, -0.05) is 0 Å². The minimum Gasteiger partial charge on any atom is -0.464 e. The molecule has 1 aliphatic rings. The Morgan fingerprint density at radius 1 is 1.25 bits per heavy atom. The molecular formula is C17H25N3O4. The molecule has 2 rings (SSSR count). The molecule has 0 spiro atoms. The Bertz CT molecular complexity index is 595. The summed E-state index contributed by atoms with van der Waals surface area (Å²) >= 11 is 0. The van der Waals surface area contributed by atoms with Crippen LogP contribution in [0.2, 0.25) is 0 Å². The Labute approximate surface area is 142 Å². The van der Waals surface area contributed by atoms with Gasteiger partial charge in [-0.05, 0) is 39.8 Å². The number of hydrogen-bond donors (Lipinski definition) is 0. The van der Waals surface area contributed by atoms with Crippen LogP contribution in [-0.2, 0) is 9.47 Å². The monoisotopic (exact) mass is 335 g/mol. The topological polar surface area (TPSA) is 72.0 Å². The Morgan fingerprint density at radius 3 is 2.46 bits per heavy atom. The molecule has 1 aliphatic heterocycles. The van der Waals surface area contributed by atoms with Crippen molar-refractivity contribution in [2.24, 2.45) is 0 Å². The molecule has 24 heavy (non-hydrogen) atoms. The molecular weight excluding hydrogens is 310 g/mol. The largest absolute Gasteiger partial charge is 0.464 e. The zero-order chi connectivity index (χ0) is 17.9. The van der Waals surface area contributed by atoms with Gasteiger partial charge in [-0.2, -0.15) is 0 Å². The average molecular weight is 335 g/mol. The molecule has 0 bridgehead atoms. The summed E-state index contributed by atoms with van der Waals surface area (Å²) < 4.78 is 10.1. The summed E-state index contributed by atoms with van der Waals surface area (Å²) in [6.45, 7) is 9.52. The molecule has 132 valence electrons. The van der Waals surface area contributed by atoms with E-state index >= 15 is 0 Å². The van der Waals surface area contributed by atoms with Crippen molar-refractivity contribution >= 4 is 17.7 Å². The second-order valence-electron chi connectivity index (χ2n) is 6.86. The van der Waals surface area contributed by atoms with Crippen LogP contribution in [0.25, 0.3) is 0 Å². The predicted molar refractivity (Wildman–Crippen MR) is 90.2 cm³/mol. The molecule has 0 N–H and O–H groups in total. The Morgan fingerprint density at radius 2 is 1.96 bits per heavy atom. The second-order valence-corrected chi connectivity index (χ2v) is 6.86. The molecule has 7 heteroatoms. The molecule has 1 aromatic rings. The number of esters is 1. The first-order chi connectivity index (χ1) is 11.2. The minimum absolute atomic E-state index is 0.0221. The summed E-state index contributed by atoms with van der Waals surface area (Å²) in [6.07, 6.45) is 1.37. The third kappa shape index (κ3) is 4.37. The number of amides is 1. The lowest BCUT2D eigenvalue weighted by Crippen LogP contribution is -2.55. The van der Waals surface area contributed by atoms with E-state index in [1.807, 2.05) is 33.8 Å². The SMILES string of the molecule is COC(=O)c1ccc(N2CCN(C(=O)OC(C)(C)C)[C@H](C)C2)cn1. The van der Waals surface area contributed by atoms with E-state index in [-0.39, 0.29) is 17.8 Å². The fraction of sp³-hybridized carbons (Fsp3) is 0.588. The maximum absolute atomic E-state index is 12.2. The molecule has 0 unspecified atom stereocenters. The lowest BCUT2D eigenvalue weighted by Gasteiger charge is -2.41. The quantitative estimate of drug-likeness (QED) is 0.772. The van der Waals surface area contributed by atoms with Crippen LogP contribution in [0, 0.1) is 0 Å². The van der Waals surface area contributed by atoms with E-state index in [2.05, 4.69) is 14.6 Å². The third-order valence-electron chi connectivity index (χ3n) is 3.76. The molecule has 7 nitrogen and oxygen atoms in total.